The Hall–Kier alpha value is -1.56. The van der Waals surface area contributed by atoms with Crippen LogP contribution in [0.25, 0.3) is 0 Å². The lowest BCUT2D eigenvalue weighted by molar-refractivity contribution is 0.115. The molecule has 0 radical (unpaired) electrons. The van der Waals surface area contributed by atoms with Crippen LogP contribution >= 0.6 is 0 Å². The van der Waals surface area contributed by atoms with Gasteiger partial charge >= 0.3 is 0 Å². The molecular weight excluding hydrogens is 232 g/mol. The highest BCUT2D eigenvalue weighted by atomic mass is 19.3. The van der Waals surface area contributed by atoms with Crippen molar-refractivity contribution in [1.82, 2.24) is 0 Å². The second-order valence-corrected chi connectivity index (χ2v) is 3.28. The highest BCUT2D eigenvalue weighted by molar-refractivity contribution is 5.56. The van der Waals surface area contributed by atoms with Crippen LogP contribution in [0.2, 0.25) is 0 Å². The van der Waals surface area contributed by atoms with E-state index in [2.05, 4.69) is 0 Å². The van der Waals surface area contributed by atoms with Crippen LogP contribution in [0.5, 0.6) is 17.2 Å². The Morgan fingerprint density at radius 2 is 1.59 bits per heavy atom. The highest BCUT2D eigenvalue weighted by Gasteiger charge is 2.25. The maximum Gasteiger partial charge on any atom is 0.257 e. The summed E-state index contributed by atoms with van der Waals surface area (Å²) in [6, 6.07) is 1.53. The summed E-state index contributed by atoms with van der Waals surface area (Å²) >= 11 is 0. The van der Waals surface area contributed by atoms with Crippen molar-refractivity contribution in [1.29, 1.82) is 0 Å². The quantitative estimate of drug-likeness (QED) is 0.864. The number of rotatable bonds is 5. The van der Waals surface area contributed by atoms with Crippen molar-refractivity contribution >= 4 is 0 Å². The fraction of sp³-hybridized carbons (Fsp3) is 0.455. The molecule has 1 aromatic carbocycles. The third kappa shape index (κ3) is 2.58. The fourth-order valence-corrected chi connectivity index (χ4v) is 1.52. The topological polar surface area (TPSA) is 53.7 Å². The standard InChI is InChI=1S/C11H15F2NO3/c1-15-7-5-4-6(8(14)11(12)13)9(16-2)10(7)17-3/h4-5,8,11H,14H2,1-3H3/t8-/m1/s1. The Bertz CT molecular complexity index is 385. The number of halogens is 2. The van der Waals surface area contributed by atoms with E-state index in [0.29, 0.717) is 5.75 Å². The first-order chi connectivity index (χ1) is 8.06. The van der Waals surface area contributed by atoms with Crippen molar-refractivity contribution in [2.75, 3.05) is 21.3 Å². The van der Waals surface area contributed by atoms with Gasteiger partial charge in [0.25, 0.3) is 6.43 Å². The minimum absolute atomic E-state index is 0.166. The van der Waals surface area contributed by atoms with Crippen molar-refractivity contribution in [2.45, 2.75) is 12.5 Å². The molecule has 1 rings (SSSR count). The monoisotopic (exact) mass is 247 g/mol. The molecular formula is C11H15F2NO3. The number of ether oxygens (including phenoxy) is 3. The van der Waals surface area contributed by atoms with Gasteiger partial charge in [0.05, 0.1) is 27.4 Å². The zero-order valence-electron chi connectivity index (χ0n) is 9.87. The molecule has 0 aromatic heterocycles. The second kappa shape index (κ2) is 5.67. The van der Waals surface area contributed by atoms with E-state index in [1.54, 1.807) is 0 Å². The van der Waals surface area contributed by atoms with Crippen LogP contribution in [0.15, 0.2) is 12.1 Å². The zero-order chi connectivity index (χ0) is 13.0. The SMILES string of the molecule is COc1ccc([C@@H](N)C(F)F)c(OC)c1OC. The van der Waals surface area contributed by atoms with E-state index in [0.717, 1.165) is 0 Å². The minimum Gasteiger partial charge on any atom is -0.493 e. The molecule has 0 heterocycles. The molecule has 17 heavy (non-hydrogen) atoms. The van der Waals surface area contributed by atoms with Gasteiger partial charge in [-0.25, -0.2) is 8.78 Å². The van der Waals surface area contributed by atoms with Crippen LogP contribution < -0.4 is 19.9 Å². The van der Waals surface area contributed by atoms with Gasteiger partial charge in [0.15, 0.2) is 11.5 Å². The van der Waals surface area contributed by atoms with Crippen LogP contribution in [0, 0.1) is 0 Å². The van der Waals surface area contributed by atoms with Gasteiger partial charge in [0, 0.05) is 5.56 Å². The maximum absolute atomic E-state index is 12.6. The summed E-state index contributed by atoms with van der Waals surface area (Å²) in [5, 5.41) is 0. The predicted molar refractivity (Wildman–Crippen MR) is 59.0 cm³/mol. The Labute approximate surface area is 98.3 Å². The molecule has 2 N–H and O–H groups in total. The lowest BCUT2D eigenvalue weighted by atomic mass is 10.1. The van der Waals surface area contributed by atoms with Crippen molar-refractivity contribution in [3.8, 4) is 17.2 Å². The second-order valence-electron chi connectivity index (χ2n) is 3.28. The molecule has 0 spiro atoms. The molecule has 0 unspecified atom stereocenters. The molecule has 0 amide bonds. The number of hydrogen-bond donors (Lipinski definition) is 1. The smallest absolute Gasteiger partial charge is 0.257 e. The molecule has 0 saturated heterocycles. The van der Waals surface area contributed by atoms with Gasteiger partial charge in [0.2, 0.25) is 5.75 Å². The average Bonchev–Trinajstić information content (AvgIpc) is 2.35. The van der Waals surface area contributed by atoms with Gasteiger partial charge in [-0.1, -0.05) is 0 Å². The molecule has 0 saturated carbocycles. The first kappa shape index (κ1) is 13.5. The van der Waals surface area contributed by atoms with Crippen LogP contribution in [-0.4, -0.2) is 27.8 Å². The molecule has 0 bridgehead atoms. The van der Waals surface area contributed by atoms with Gasteiger partial charge in [-0.15, -0.1) is 0 Å². The molecule has 4 nitrogen and oxygen atoms in total. The summed E-state index contributed by atoms with van der Waals surface area (Å²) < 4.78 is 40.4. The van der Waals surface area contributed by atoms with E-state index < -0.39 is 12.5 Å². The Kier molecular flexibility index (Phi) is 4.51. The Balaban J connectivity index is 3.32. The predicted octanol–water partition coefficient (Wildman–Crippen LogP) is 1.98. The van der Waals surface area contributed by atoms with Crippen molar-refractivity contribution in [3.05, 3.63) is 17.7 Å². The van der Waals surface area contributed by atoms with Crippen molar-refractivity contribution < 1.29 is 23.0 Å². The molecule has 0 aliphatic carbocycles. The van der Waals surface area contributed by atoms with Crippen LogP contribution in [0.1, 0.15) is 11.6 Å². The van der Waals surface area contributed by atoms with Crippen LogP contribution in [0.4, 0.5) is 8.78 Å². The number of methoxy groups -OCH3 is 3. The summed E-state index contributed by atoms with van der Waals surface area (Å²) in [5.41, 5.74) is 5.58. The fourth-order valence-electron chi connectivity index (χ4n) is 1.52. The largest absolute Gasteiger partial charge is 0.493 e. The minimum atomic E-state index is -2.68. The lowest BCUT2D eigenvalue weighted by Gasteiger charge is -2.19. The van der Waals surface area contributed by atoms with E-state index in [-0.39, 0.29) is 17.1 Å². The van der Waals surface area contributed by atoms with E-state index >= 15 is 0 Å². The molecule has 0 fully saturated rings. The summed E-state index contributed by atoms with van der Waals surface area (Å²) in [4.78, 5) is 0. The number of hydrogen-bond acceptors (Lipinski definition) is 4. The van der Waals surface area contributed by atoms with Gasteiger partial charge in [-0.2, -0.15) is 0 Å². The van der Waals surface area contributed by atoms with Crippen LogP contribution in [-0.2, 0) is 0 Å². The number of alkyl halides is 2. The third-order valence-corrected chi connectivity index (χ3v) is 2.37. The van der Waals surface area contributed by atoms with E-state index in [4.69, 9.17) is 19.9 Å². The van der Waals surface area contributed by atoms with Gasteiger partial charge in [-0.05, 0) is 12.1 Å². The summed E-state index contributed by atoms with van der Waals surface area (Å²) in [6.45, 7) is 0. The molecule has 0 aliphatic rings. The van der Waals surface area contributed by atoms with Crippen molar-refractivity contribution in [3.63, 3.8) is 0 Å². The first-order valence-corrected chi connectivity index (χ1v) is 4.89. The summed E-state index contributed by atoms with van der Waals surface area (Å²) in [5.74, 6) is 0.817. The van der Waals surface area contributed by atoms with Gasteiger partial charge in [-0.3, -0.25) is 0 Å². The maximum atomic E-state index is 12.6. The van der Waals surface area contributed by atoms with E-state index in [9.17, 15) is 8.78 Å². The Morgan fingerprint density at radius 1 is 1.00 bits per heavy atom. The molecule has 96 valence electrons. The average molecular weight is 247 g/mol. The molecule has 0 aliphatic heterocycles. The number of benzene rings is 1. The van der Waals surface area contributed by atoms with Crippen molar-refractivity contribution in [2.24, 2.45) is 5.73 Å². The van der Waals surface area contributed by atoms with E-state index in [1.165, 1.54) is 33.5 Å². The van der Waals surface area contributed by atoms with Gasteiger partial charge in [0.1, 0.15) is 0 Å². The van der Waals surface area contributed by atoms with Crippen LogP contribution in [0.3, 0.4) is 0 Å². The molecule has 1 aromatic rings. The summed E-state index contributed by atoms with van der Waals surface area (Å²) in [6.07, 6.45) is -2.68. The van der Waals surface area contributed by atoms with Gasteiger partial charge < -0.3 is 19.9 Å². The zero-order valence-corrected chi connectivity index (χ0v) is 9.87. The Morgan fingerprint density at radius 3 is 2.00 bits per heavy atom. The highest BCUT2D eigenvalue weighted by Crippen LogP contribution is 2.42. The summed E-state index contributed by atoms with van der Waals surface area (Å²) in [7, 11) is 4.21. The number of nitrogens with two attached hydrogens (primary N) is 1. The lowest BCUT2D eigenvalue weighted by Crippen LogP contribution is -2.20. The first-order valence-electron chi connectivity index (χ1n) is 4.89. The van der Waals surface area contributed by atoms with E-state index in [1.807, 2.05) is 0 Å². The normalized spacial score (nSPS) is 12.4. The molecule has 6 heteroatoms. The third-order valence-electron chi connectivity index (χ3n) is 2.37. The molecule has 1 atom stereocenters.